The number of nitrogens with zero attached hydrogens (tertiary/aromatic N) is 4. The van der Waals surface area contributed by atoms with Crippen LogP contribution in [0.15, 0.2) is 48.8 Å². The molecule has 0 unspecified atom stereocenters. The maximum atomic E-state index is 14.0. The zero-order valence-electron chi connectivity index (χ0n) is 26.4. The van der Waals surface area contributed by atoms with Crippen molar-refractivity contribution in [3.8, 4) is 6.07 Å². The fraction of sp³-hybridized carbons (Fsp3) is 0.500. The number of nitrogen functional groups attached to an aromatic ring is 1. The summed E-state index contributed by atoms with van der Waals surface area (Å²) in [5.74, 6) is -1.30. The Morgan fingerprint density at radius 3 is 2.62 bits per heavy atom. The van der Waals surface area contributed by atoms with Crippen molar-refractivity contribution in [2.45, 2.75) is 82.5 Å². The zero-order chi connectivity index (χ0) is 34.4. The molecule has 17 heteroatoms. The number of aliphatic hydroxyl groups excluding tert-OH is 2. The molecule has 0 aliphatic carbocycles. The van der Waals surface area contributed by atoms with Crippen LogP contribution in [0.3, 0.4) is 0 Å². The minimum absolute atomic E-state index is 0.0486. The van der Waals surface area contributed by atoms with Crippen LogP contribution >= 0.6 is 7.75 Å². The number of hydrogen-bond acceptors (Lipinski definition) is 14. The summed E-state index contributed by atoms with van der Waals surface area (Å²) in [6.45, 7) is 4.52. The third kappa shape index (κ3) is 8.32. The van der Waals surface area contributed by atoms with Gasteiger partial charge in [0.2, 0.25) is 12.4 Å². The third-order valence-corrected chi connectivity index (χ3v) is 9.06. The first kappa shape index (κ1) is 35.9. The number of hydrogen-bond donors (Lipinski definition) is 4. The smallest absolute Gasteiger partial charge is 0.409 e. The van der Waals surface area contributed by atoms with Crippen LogP contribution in [0.5, 0.6) is 0 Å². The molecule has 3 heterocycles. The summed E-state index contributed by atoms with van der Waals surface area (Å²) in [6, 6.07) is 14.4. The second kappa shape index (κ2) is 14.9. The average Bonchev–Trinajstić information content (AvgIpc) is 3.56. The monoisotopic (exact) mass is 674 g/mol. The van der Waals surface area contributed by atoms with Gasteiger partial charge in [0.25, 0.3) is 0 Å². The molecule has 2 aromatic heterocycles. The molecule has 254 valence electrons. The SMILES string of the molecule is CC(C)OC(=O)C(C)(C)N[P@@](=O)(OCOC(=O)CCCc1ccccc1)OC[C@H]1O[C@@](C#N)(c2ccc3c(N)ncnn23)[C@H](O)[C@@H]1O. The molecule has 16 nitrogen and oxygen atoms in total. The number of benzene rings is 1. The van der Waals surface area contributed by atoms with Crippen LogP contribution in [0.4, 0.5) is 5.82 Å². The molecular weight excluding hydrogens is 635 g/mol. The molecule has 0 bridgehead atoms. The van der Waals surface area contributed by atoms with Gasteiger partial charge < -0.3 is 30.2 Å². The quantitative estimate of drug-likeness (QED) is 0.103. The first-order valence-electron chi connectivity index (χ1n) is 14.8. The number of aliphatic hydroxyl groups is 2. The Kier molecular flexibility index (Phi) is 11.4. The molecule has 47 heavy (non-hydrogen) atoms. The predicted molar refractivity (Wildman–Crippen MR) is 165 cm³/mol. The highest BCUT2D eigenvalue weighted by Gasteiger charge is 2.58. The van der Waals surface area contributed by atoms with E-state index in [9.17, 15) is 29.6 Å². The maximum absolute atomic E-state index is 14.0. The van der Waals surface area contributed by atoms with Gasteiger partial charge in [-0.2, -0.15) is 10.4 Å². The average molecular weight is 675 g/mol. The fourth-order valence-corrected chi connectivity index (χ4v) is 6.40. The Hall–Kier alpha value is -3.94. The molecule has 1 aliphatic rings. The van der Waals surface area contributed by atoms with Crippen LogP contribution in [0.1, 0.15) is 51.8 Å². The van der Waals surface area contributed by atoms with E-state index in [1.165, 1.54) is 30.5 Å². The number of anilines is 1. The Balaban J connectivity index is 1.46. The molecule has 1 aromatic carbocycles. The fourth-order valence-electron chi connectivity index (χ4n) is 4.89. The summed E-state index contributed by atoms with van der Waals surface area (Å²) in [5, 5.41) is 38.7. The number of carbonyl (C=O) groups excluding carboxylic acids is 2. The number of esters is 2. The van der Waals surface area contributed by atoms with Crippen LogP contribution in [-0.2, 0) is 49.4 Å². The number of ether oxygens (including phenoxy) is 3. The van der Waals surface area contributed by atoms with E-state index < -0.39 is 68.6 Å². The van der Waals surface area contributed by atoms with Gasteiger partial charge in [0, 0.05) is 6.42 Å². The summed E-state index contributed by atoms with van der Waals surface area (Å²) >= 11 is 0. The van der Waals surface area contributed by atoms with Gasteiger partial charge in [0.05, 0.1) is 18.4 Å². The van der Waals surface area contributed by atoms with Crippen LogP contribution in [0, 0.1) is 11.3 Å². The van der Waals surface area contributed by atoms with E-state index in [0.29, 0.717) is 18.4 Å². The first-order valence-corrected chi connectivity index (χ1v) is 16.4. The van der Waals surface area contributed by atoms with Crippen molar-refractivity contribution in [2.24, 2.45) is 0 Å². The summed E-state index contributed by atoms with van der Waals surface area (Å²) in [5.41, 5.74) is 3.56. The standard InChI is InChI=1S/C30H39N6O10P/c1-19(2)45-28(40)29(3,4)35-47(41,44-18-42-24(37)12-8-11-20-9-6-5-7-10-20)43-15-22-25(38)26(39)30(16-31,46-22)23-14-13-21-27(32)33-17-34-36(21)23/h5-7,9-10,13-14,17,19,22,25-26,38-39H,8,11-12,15,18H2,1-4H3,(H,35,41)(H2,32,33,34)/t22-,25-,26-,30+,47+/m1/s1. The van der Waals surface area contributed by atoms with Gasteiger partial charge in [0.15, 0.2) is 5.82 Å². The topological polar surface area (TPSA) is 230 Å². The van der Waals surface area contributed by atoms with Crippen molar-refractivity contribution in [3.63, 3.8) is 0 Å². The van der Waals surface area contributed by atoms with Gasteiger partial charge >= 0.3 is 19.7 Å². The number of nitriles is 1. The maximum Gasteiger partial charge on any atom is 0.409 e. The molecule has 1 fully saturated rings. The summed E-state index contributed by atoms with van der Waals surface area (Å²) < 4.78 is 42.4. The molecule has 0 spiro atoms. The van der Waals surface area contributed by atoms with Gasteiger partial charge in [-0.1, -0.05) is 30.3 Å². The largest absolute Gasteiger partial charge is 0.462 e. The lowest BCUT2D eigenvalue weighted by molar-refractivity contribution is -0.155. The summed E-state index contributed by atoms with van der Waals surface area (Å²) in [7, 11) is -4.55. The number of aryl methyl sites for hydroxylation is 1. The highest BCUT2D eigenvalue weighted by atomic mass is 31.2. The highest BCUT2D eigenvalue weighted by Crippen LogP contribution is 2.48. The predicted octanol–water partition coefficient (Wildman–Crippen LogP) is 2.14. The lowest BCUT2D eigenvalue weighted by atomic mass is 9.92. The molecule has 1 saturated heterocycles. The Labute approximate surface area is 271 Å². The van der Waals surface area contributed by atoms with E-state index in [4.69, 9.17) is 29.0 Å². The molecule has 4 rings (SSSR count). The number of fused-ring (bicyclic) bond motifs is 1. The van der Waals surface area contributed by atoms with Gasteiger partial charge in [-0.3, -0.25) is 18.6 Å². The number of carbonyl (C=O) groups is 2. The highest BCUT2D eigenvalue weighted by molar-refractivity contribution is 7.51. The summed E-state index contributed by atoms with van der Waals surface area (Å²) in [6.07, 6.45) is -3.09. The van der Waals surface area contributed by atoms with Crippen molar-refractivity contribution in [3.05, 3.63) is 60.0 Å². The van der Waals surface area contributed by atoms with E-state index >= 15 is 0 Å². The van der Waals surface area contributed by atoms with Gasteiger partial charge in [-0.25, -0.2) is 19.2 Å². The molecule has 5 N–H and O–H groups in total. The first-order chi connectivity index (χ1) is 22.2. The van der Waals surface area contributed by atoms with E-state index in [1.807, 2.05) is 36.4 Å². The summed E-state index contributed by atoms with van der Waals surface area (Å²) in [4.78, 5) is 29.0. The van der Waals surface area contributed by atoms with Crippen molar-refractivity contribution in [1.82, 2.24) is 19.7 Å². The molecule has 1 aliphatic heterocycles. The Bertz CT molecular complexity index is 1640. The number of nitrogens with one attached hydrogen (secondary N) is 1. The van der Waals surface area contributed by atoms with Crippen molar-refractivity contribution < 1.29 is 47.6 Å². The normalized spacial score (nSPS) is 22.6. The third-order valence-electron chi connectivity index (χ3n) is 7.30. The van der Waals surface area contributed by atoms with E-state index in [-0.39, 0.29) is 17.9 Å². The molecule has 3 aromatic rings. The van der Waals surface area contributed by atoms with Crippen LogP contribution in [0.25, 0.3) is 5.52 Å². The Morgan fingerprint density at radius 2 is 1.94 bits per heavy atom. The second-order valence-electron chi connectivity index (χ2n) is 11.7. The lowest BCUT2D eigenvalue weighted by Crippen LogP contribution is -2.47. The van der Waals surface area contributed by atoms with Crippen molar-refractivity contribution in [1.29, 1.82) is 5.26 Å². The van der Waals surface area contributed by atoms with Crippen LogP contribution in [-0.4, -0.2) is 80.1 Å². The van der Waals surface area contributed by atoms with E-state index in [2.05, 4.69) is 15.2 Å². The number of aromatic nitrogens is 3. The van der Waals surface area contributed by atoms with Gasteiger partial charge in [-0.05, 0) is 58.2 Å². The van der Waals surface area contributed by atoms with Gasteiger partial charge in [-0.15, -0.1) is 0 Å². The van der Waals surface area contributed by atoms with E-state index in [0.717, 1.165) is 11.9 Å². The van der Waals surface area contributed by atoms with Gasteiger partial charge in [0.1, 0.15) is 41.8 Å². The van der Waals surface area contributed by atoms with Crippen LogP contribution < -0.4 is 10.8 Å². The zero-order valence-corrected chi connectivity index (χ0v) is 27.3. The van der Waals surface area contributed by atoms with Crippen molar-refractivity contribution in [2.75, 3.05) is 19.1 Å². The Morgan fingerprint density at radius 1 is 1.21 bits per heavy atom. The van der Waals surface area contributed by atoms with E-state index in [1.54, 1.807) is 13.8 Å². The molecule has 0 amide bonds. The lowest BCUT2D eigenvalue weighted by Gasteiger charge is -2.30. The minimum Gasteiger partial charge on any atom is -0.462 e. The molecular formula is C30H39N6O10P. The number of nitrogens with two attached hydrogens (primary N) is 1. The second-order valence-corrected chi connectivity index (χ2v) is 13.4. The molecule has 5 atom stereocenters. The number of rotatable bonds is 15. The van der Waals surface area contributed by atoms with Crippen LogP contribution in [0.2, 0.25) is 0 Å². The molecule has 0 saturated carbocycles. The van der Waals surface area contributed by atoms with Crippen molar-refractivity contribution >= 4 is 31.0 Å². The minimum atomic E-state index is -4.55. The molecule has 0 radical (unpaired) electrons.